The minimum Gasteiger partial charge on any atom is -0.444 e. The fourth-order valence-corrected chi connectivity index (χ4v) is 8.59. The second kappa shape index (κ2) is 13.2. The Morgan fingerprint density at radius 2 is 1.70 bits per heavy atom. The van der Waals surface area contributed by atoms with Gasteiger partial charge < -0.3 is 19.5 Å². The first kappa shape index (κ1) is 33.4. The lowest BCUT2D eigenvalue weighted by Crippen LogP contribution is -2.55. The van der Waals surface area contributed by atoms with Crippen molar-refractivity contribution in [2.75, 3.05) is 19.6 Å². The molecule has 3 aliphatic rings. The highest BCUT2D eigenvalue weighted by atomic mass is 19.1. The number of nitrogens with zero attached hydrogens (tertiary/aromatic N) is 4. The molecule has 3 aromatic rings. The van der Waals surface area contributed by atoms with E-state index in [2.05, 4.69) is 52.0 Å². The van der Waals surface area contributed by atoms with Crippen LogP contribution in [0.15, 0.2) is 48.5 Å². The average Bonchev–Trinajstić information content (AvgIpc) is 3.48. The van der Waals surface area contributed by atoms with Crippen LogP contribution in [0.2, 0.25) is 0 Å². The van der Waals surface area contributed by atoms with E-state index in [0.717, 1.165) is 55.6 Å². The molecule has 6 rings (SSSR count). The van der Waals surface area contributed by atoms with Crippen LogP contribution >= 0.6 is 0 Å². The van der Waals surface area contributed by atoms with Gasteiger partial charge in [0.05, 0.1) is 11.0 Å². The molecule has 2 bridgehead atoms. The molecule has 254 valence electrons. The monoisotopic (exact) mass is 645 g/mol. The van der Waals surface area contributed by atoms with Gasteiger partial charge >= 0.3 is 6.09 Å². The Kier molecular flexibility index (Phi) is 9.40. The minimum absolute atomic E-state index is 0.0823. The van der Waals surface area contributed by atoms with Crippen molar-refractivity contribution < 1.29 is 18.7 Å². The van der Waals surface area contributed by atoms with Gasteiger partial charge in [0.2, 0.25) is 5.91 Å². The second-order valence-electron chi connectivity index (χ2n) is 15.5. The summed E-state index contributed by atoms with van der Waals surface area (Å²) < 4.78 is 22.6. The molecule has 47 heavy (non-hydrogen) atoms. The largest absolute Gasteiger partial charge is 0.444 e. The SMILES string of the molecule is Cc1nc2ccccc2n1C1C[C@H]2CC[C@@H](C1)N2CCC1(c2cccc(F)c2)CCN(C(=O)[C@@H](NC(=O)OC(C)(C)C)C(C)C)CC1. The van der Waals surface area contributed by atoms with Gasteiger partial charge in [0.25, 0.3) is 0 Å². The zero-order chi connectivity index (χ0) is 33.5. The number of fused-ring (bicyclic) bond motifs is 3. The number of amides is 2. The number of likely N-dealkylation sites (tertiary alicyclic amines) is 1. The third-order valence-corrected chi connectivity index (χ3v) is 10.9. The van der Waals surface area contributed by atoms with Crippen molar-refractivity contribution >= 4 is 23.0 Å². The Morgan fingerprint density at radius 3 is 2.34 bits per heavy atom. The van der Waals surface area contributed by atoms with E-state index in [1.165, 1.54) is 24.4 Å². The molecule has 0 spiro atoms. The first-order valence-corrected chi connectivity index (χ1v) is 17.6. The van der Waals surface area contributed by atoms with E-state index >= 15 is 0 Å². The lowest BCUT2D eigenvalue weighted by molar-refractivity contribution is -0.136. The number of hydrogen-bond acceptors (Lipinski definition) is 5. The van der Waals surface area contributed by atoms with Gasteiger partial charge in [-0.25, -0.2) is 14.2 Å². The van der Waals surface area contributed by atoms with Crippen molar-refractivity contribution in [1.29, 1.82) is 0 Å². The summed E-state index contributed by atoms with van der Waals surface area (Å²) >= 11 is 0. The molecule has 0 aliphatic carbocycles. The van der Waals surface area contributed by atoms with Crippen LogP contribution in [0.5, 0.6) is 0 Å². The summed E-state index contributed by atoms with van der Waals surface area (Å²) in [7, 11) is 0. The van der Waals surface area contributed by atoms with Crippen LogP contribution in [0.25, 0.3) is 11.0 Å². The van der Waals surface area contributed by atoms with Crippen LogP contribution < -0.4 is 5.32 Å². The lowest BCUT2D eigenvalue weighted by atomic mass is 9.70. The van der Waals surface area contributed by atoms with Crippen molar-refractivity contribution in [1.82, 2.24) is 24.7 Å². The summed E-state index contributed by atoms with van der Waals surface area (Å²) in [5.41, 5.74) is 2.46. The molecule has 4 atom stereocenters. The van der Waals surface area contributed by atoms with Gasteiger partial charge in [-0.2, -0.15) is 0 Å². The quantitative estimate of drug-likeness (QED) is 0.282. The molecule has 3 aliphatic heterocycles. The molecule has 0 radical (unpaired) electrons. The number of ether oxygens (including phenoxy) is 1. The highest BCUT2D eigenvalue weighted by Gasteiger charge is 2.45. The number of aromatic nitrogens is 2. The Balaban J connectivity index is 1.15. The number of carbonyl (C=O) groups excluding carboxylic acids is 2. The number of imidazole rings is 1. The number of piperidine rings is 2. The number of aryl methyl sites for hydroxylation is 1. The van der Waals surface area contributed by atoms with E-state index in [-0.39, 0.29) is 23.1 Å². The zero-order valence-electron chi connectivity index (χ0n) is 29.0. The Labute approximate surface area is 279 Å². The van der Waals surface area contributed by atoms with E-state index in [9.17, 15) is 14.0 Å². The molecule has 1 N–H and O–H groups in total. The molecule has 9 heteroatoms. The van der Waals surface area contributed by atoms with Gasteiger partial charge in [-0.1, -0.05) is 38.1 Å². The zero-order valence-corrected chi connectivity index (χ0v) is 29.0. The lowest BCUT2D eigenvalue weighted by Gasteiger charge is -2.46. The summed E-state index contributed by atoms with van der Waals surface area (Å²) in [6.45, 7) is 13.5. The van der Waals surface area contributed by atoms with Gasteiger partial charge in [0.1, 0.15) is 23.3 Å². The van der Waals surface area contributed by atoms with E-state index in [4.69, 9.17) is 9.72 Å². The molecular formula is C38H52FN5O3. The minimum atomic E-state index is -0.667. The van der Waals surface area contributed by atoms with E-state index < -0.39 is 17.7 Å². The molecule has 3 fully saturated rings. The van der Waals surface area contributed by atoms with Crippen molar-refractivity contribution in [2.24, 2.45) is 5.92 Å². The third-order valence-electron chi connectivity index (χ3n) is 10.9. The summed E-state index contributed by atoms with van der Waals surface area (Å²) in [6.07, 6.45) is 6.52. The number of carbonyl (C=O) groups is 2. The Bertz CT molecular complexity index is 1570. The topological polar surface area (TPSA) is 79.7 Å². The van der Waals surface area contributed by atoms with Gasteiger partial charge in [-0.15, -0.1) is 0 Å². The molecule has 2 aromatic carbocycles. The average molecular weight is 646 g/mol. The van der Waals surface area contributed by atoms with Gasteiger partial charge in [0, 0.05) is 31.2 Å². The van der Waals surface area contributed by atoms with Crippen molar-refractivity contribution in [3.63, 3.8) is 0 Å². The Morgan fingerprint density at radius 1 is 1.02 bits per heavy atom. The highest BCUT2D eigenvalue weighted by molar-refractivity contribution is 5.86. The van der Waals surface area contributed by atoms with Gasteiger partial charge in [-0.05, 0) is 120 Å². The van der Waals surface area contributed by atoms with Crippen LogP contribution in [0.4, 0.5) is 9.18 Å². The number of nitrogens with one attached hydrogen (secondary N) is 1. The smallest absolute Gasteiger partial charge is 0.408 e. The summed E-state index contributed by atoms with van der Waals surface area (Å²) in [4.78, 5) is 35.8. The standard InChI is InChI=1S/C38H52FN5O3/c1-25(2)34(41-36(46)47-37(4,5)6)35(45)42-19-16-38(17-20-42,27-10-9-11-28(39)22-27)18-21-43-29-14-15-30(43)24-31(23-29)44-26(3)40-32-12-7-8-13-33(32)44/h7-13,22,25,29-31,34H,14-21,23-24H2,1-6H3,(H,41,46)/t29-,30+,31?,34-/m0/s1. The van der Waals surface area contributed by atoms with Gasteiger partial charge in [-0.3, -0.25) is 9.69 Å². The molecule has 1 aromatic heterocycles. The van der Waals surface area contributed by atoms with Crippen LogP contribution in [0, 0.1) is 18.7 Å². The van der Waals surface area contributed by atoms with E-state index in [0.29, 0.717) is 31.2 Å². The predicted molar refractivity (Wildman–Crippen MR) is 183 cm³/mol. The Hall–Kier alpha value is -3.46. The fourth-order valence-electron chi connectivity index (χ4n) is 8.59. The number of hydrogen-bond donors (Lipinski definition) is 1. The van der Waals surface area contributed by atoms with Crippen molar-refractivity contribution in [3.05, 3.63) is 65.7 Å². The highest BCUT2D eigenvalue weighted by Crippen LogP contribution is 2.45. The van der Waals surface area contributed by atoms with E-state index in [1.807, 2.05) is 45.6 Å². The van der Waals surface area contributed by atoms with Crippen LogP contribution in [0.1, 0.15) is 97.0 Å². The molecule has 0 saturated carbocycles. The number of alkyl carbamates (subject to hydrolysis) is 1. The summed E-state index contributed by atoms with van der Waals surface area (Å²) in [5, 5.41) is 2.83. The van der Waals surface area contributed by atoms with Crippen molar-refractivity contribution in [3.8, 4) is 0 Å². The number of halogens is 1. The fraction of sp³-hybridized carbons (Fsp3) is 0.605. The number of benzene rings is 2. The molecular weight excluding hydrogens is 593 g/mol. The normalized spacial score (nSPS) is 23.7. The summed E-state index contributed by atoms with van der Waals surface area (Å²) in [6, 6.07) is 16.4. The van der Waals surface area contributed by atoms with Crippen LogP contribution in [-0.2, 0) is 14.9 Å². The maximum Gasteiger partial charge on any atom is 0.408 e. The predicted octanol–water partition coefficient (Wildman–Crippen LogP) is 7.15. The number of rotatable bonds is 8. The maximum atomic E-state index is 14.6. The van der Waals surface area contributed by atoms with Gasteiger partial charge in [0.15, 0.2) is 0 Å². The molecule has 3 saturated heterocycles. The molecule has 2 amide bonds. The van der Waals surface area contributed by atoms with E-state index in [1.54, 1.807) is 6.07 Å². The van der Waals surface area contributed by atoms with Crippen LogP contribution in [0.3, 0.4) is 0 Å². The molecule has 8 nitrogen and oxygen atoms in total. The third kappa shape index (κ3) is 7.06. The summed E-state index contributed by atoms with van der Waals surface area (Å²) in [5.74, 6) is 0.704. The second-order valence-corrected chi connectivity index (χ2v) is 15.5. The first-order chi connectivity index (χ1) is 22.3. The maximum absolute atomic E-state index is 14.6. The molecule has 1 unspecified atom stereocenters. The number of para-hydroxylation sites is 2. The molecule has 4 heterocycles. The first-order valence-electron chi connectivity index (χ1n) is 17.6. The van der Waals surface area contributed by atoms with Crippen LogP contribution in [-0.4, -0.2) is 74.7 Å². The van der Waals surface area contributed by atoms with Crippen molar-refractivity contribution in [2.45, 2.75) is 122 Å².